The standard InChI is InChI=1S/C9H22N2O2S/c1-3-4-5-6-7-9(11-10)8-14(2,12)13/h9,11H,3-8,10H2,1-2H3. The zero-order valence-electron chi connectivity index (χ0n) is 9.12. The summed E-state index contributed by atoms with van der Waals surface area (Å²) < 4.78 is 22.0. The van der Waals surface area contributed by atoms with Crippen molar-refractivity contribution in [2.75, 3.05) is 12.0 Å². The number of hydrogen-bond donors (Lipinski definition) is 2. The molecule has 0 aliphatic rings. The van der Waals surface area contributed by atoms with Gasteiger partial charge in [0.25, 0.3) is 0 Å². The van der Waals surface area contributed by atoms with E-state index in [1.54, 1.807) is 0 Å². The molecule has 0 fully saturated rings. The van der Waals surface area contributed by atoms with Gasteiger partial charge in [-0.2, -0.15) is 0 Å². The van der Waals surface area contributed by atoms with Gasteiger partial charge < -0.3 is 0 Å². The maximum atomic E-state index is 11.0. The maximum Gasteiger partial charge on any atom is 0.149 e. The molecule has 1 unspecified atom stereocenters. The molecular formula is C9H22N2O2S. The molecule has 0 bridgehead atoms. The van der Waals surface area contributed by atoms with Gasteiger partial charge >= 0.3 is 0 Å². The third-order valence-corrected chi connectivity index (χ3v) is 3.15. The molecule has 0 amide bonds. The molecule has 14 heavy (non-hydrogen) atoms. The van der Waals surface area contributed by atoms with Crippen LogP contribution in [0, 0.1) is 0 Å². The van der Waals surface area contributed by atoms with E-state index in [2.05, 4.69) is 12.3 Å². The number of nitrogens with one attached hydrogen (secondary N) is 1. The summed E-state index contributed by atoms with van der Waals surface area (Å²) in [5.41, 5.74) is 2.56. The molecule has 3 N–H and O–H groups in total. The first-order chi connectivity index (χ1) is 6.49. The van der Waals surface area contributed by atoms with E-state index < -0.39 is 9.84 Å². The van der Waals surface area contributed by atoms with Gasteiger partial charge in [0.15, 0.2) is 0 Å². The molecule has 5 heteroatoms. The van der Waals surface area contributed by atoms with Crippen LogP contribution in [0.4, 0.5) is 0 Å². The lowest BCUT2D eigenvalue weighted by Gasteiger charge is -2.14. The molecule has 0 aliphatic carbocycles. The van der Waals surface area contributed by atoms with Gasteiger partial charge in [0, 0.05) is 12.3 Å². The number of hydrogen-bond acceptors (Lipinski definition) is 4. The molecule has 0 aromatic carbocycles. The van der Waals surface area contributed by atoms with Crippen LogP contribution in [0.2, 0.25) is 0 Å². The van der Waals surface area contributed by atoms with E-state index >= 15 is 0 Å². The highest BCUT2D eigenvalue weighted by atomic mass is 32.2. The van der Waals surface area contributed by atoms with Crippen molar-refractivity contribution >= 4 is 9.84 Å². The van der Waals surface area contributed by atoms with E-state index in [1.807, 2.05) is 0 Å². The molecule has 0 saturated carbocycles. The van der Waals surface area contributed by atoms with Crippen LogP contribution in [-0.2, 0) is 9.84 Å². The average Bonchev–Trinajstić information content (AvgIpc) is 2.08. The van der Waals surface area contributed by atoms with Crippen molar-refractivity contribution in [3.05, 3.63) is 0 Å². The number of hydrazine groups is 1. The quantitative estimate of drug-likeness (QED) is 0.362. The van der Waals surface area contributed by atoms with Crippen LogP contribution in [0.3, 0.4) is 0 Å². The molecular weight excluding hydrogens is 200 g/mol. The lowest BCUT2D eigenvalue weighted by molar-refractivity contribution is 0.490. The van der Waals surface area contributed by atoms with E-state index in [0.717, 1.165) is 19.3 Å². The van der Waals surface area contributed by atoms with Crippen molar-refractivity contribution in [1.29, 1.82) is 0 Å². The molecule has 0 radical (unpaired) electrons. The normalized spacial score (nSPS) is 14.2. The number of sulfone groups is 1. The van der Waals surface area contributed by atoms with Crippen LogP contribution in [0.1, 0.15) is 39.0 Å². The molecule has 0 aromatic rings. The largest absolute Gasteiger partial charge is 0.271 e. The highest BCUT2D eigenvalue weighted by molar-refractivity contribution is 7.90. The fourth-order valence-electron chi connectivity index (χ4n) is 1.40. The number of rotatable bonds is 8. The van der Waals surface area contributed by atoms with Gasteiger partial charge in [-0.25, -0.2) is 8.42 Å². The molecule has 0 spiro atoms. The van der Waals surface area contributed by atoms with Crippen molar-refractivity contribution in [2.45, 2.75) is 45.1 Å². The van der Waals surface area contributed by atoms with Gasteiger partial charge in [-0.1, -0.05) is 32.6 Å². The third kappa shape index (κ3) is 8.47. The monoisotopic (exact) mass is 222 g/mol. The minimum Gasteiger partial charge on any atom is -0.271 e. The first-order valence-electron chi connectivity index (χ1n) is 5.13. The summed E-state index contributed by atoms with van der Waals surface area (Å²) in [6, 6.07) is -0.0955. The lowest BCUT2D eigenvalue weighted by atomic mass is 10.1. The van der Waals surface area contributed by atoms with Gasteiger partial charge in [-0.05, 0) is 6.42 Å². The SMILES string of the molecule is CCCCCCC(CS(C)(=O)=O)NN. The summed E-state index contributed by atoms with van der Waals surface area (Å²) in [5, 5.41) is 0. The zero-order valence-corrected chi connectivity index (χ0v) is 9.94. The van der Waals surface area contributed by atoms with Crippen molar-refractivity contribution in [3.63, 3.8) is 0 Å². The Morgan fingerprint density at radius 2 is 1.93 bits per heavy atom. The molecule has 0 aromatic heterocycles. The second-order valence-corrected chi connectivity index (χ2v) is 5.99. The van der Waals surface area contributed by atoms with Crippen LogP contribution in [0.25, 0.3) is 0 Å². The summed E-state index contributed by atoms with van der Waals surface area (Å²) >= 11 is 0. The maximum absolute atomic E-state index is 11.0. The van der Waals surface area contributed by atoms with E-state index in [1.165, 1.54) is 19.1 Å². The van der Waals surface area contributed by atoms with Crippen molar-refractivity contribution in [3.8, 4) is 0 Å². The number of unbranched alkanes of at least 4 members (excludes halogenated alkanes) is 3. The molecule has 86 valence electrons. The second kappa shape index (κ2) is 7.20. The minimum atomic E-state index is -2.92. The molecule has 0 aliphatic heterocycles. The van der Waals surface area contributed by atoms with Crippen LogP contribution >= 0.6 is 0 Å². The minimum absolute atomic E-state index is 0.0955. The van der Waals surface area contributed by atoms with Gasteiger partial charge in [0.2, 0.25) is 0 Å². The van der Waals surface area contributed by atoms with E-state index in [9.17, 15) is 8.42 Å². The van der Waals surface area contributed by atoms with E-state index in [4.69, 9.17) is 5.84 Å². The Hall–Kier alpha value is -0.130. The first-order valence-corrected chi connectivity index (χ1v) is 7.19. The molecule has 4 nitrogen and oxygen atoms in total. The molecule has 1 atom stereocenters. The Morgan fingerprint density at radius 3 is 2.36 bits per heavy atom. The Morgan fingerprint density at radius 1 is 1.29 bits per heavy atom. The third-order valence-electron chi connectivity index (χ3n) is 2.15. The molecule has 0 heterocycles. The molecule has 0 rings (SSSR count). The van der Waals surface area contributed by atoms with Crippen molar-refractivity contribution in [2.24, 2.45) is 5.84 Å². The van der Waals surface area contributed by atoms with E-state index in [0.29, 0.717) is 0 Å². The highest BCUT2D eigenvalue weighted by Crippen LogP contribution is 2.06. The fraction of sp³-hybridized carbons (Fsp3) is 1.00. The van der Waals surface area contributed by atoms with Crippen molar-refractivity contribution < 1.29 is 8.42 Å². The smallest absolute Gasteiger partial charge is 0.149 e. The Kier molecular flexibility index (Phi) is 7.13. The van der Waals surface area contributed by atoms with Crippen LogP contribution < -0.4 is 11.3 Å². The summed E-state index contributed by atoms with van der Waals surface area (Å²) in [5.74, 6) is 5.41. The predicted molar refractivity (Wildman–Crippen MR) is 59.6 cm³/mol. The van der Waals surface area contributed by atoms with Crippen LogP contribution in [0.5, 0.6) is 0 Å². The Labute approximate surface area is 87.1 Å². The van der Waals surface area contributed by atoms with Gasteiger partial charge in [0.1, 0.15) is 9.84 Å². The predicted octanol–water partition coefficient (Wildman–Crippen LogP) is 0.833. The van der Waals surface area contributed by atoms with Gasteiger partial charge in [-0.15, -0.1) is 0 Å². The second-order valence-electron chi connectivity index (χ2n) is 3.81. The highest BCUT2D eigenvalue weighted by Gasteiger charge is 2.12. The Bertz CT molecular complexity index is 227. The van der Waals surface area contributed by atoms with Gasteiger partial charge in [0.05, 0.1) is 5.75 Å². The zero-order chi connectivity index (χ0) is 11.0. The molecule has 0 saturated heterocycles. The summed E-state index contributed by atoms with van der Waals surface area (Å²) in [7, 11) is -2.92. The van der Waals surface area contributed by atoms with Gasteiger partial charge in [-0.3, -0.25) is 11.3 Å². The first kappa shape index (κ1) is 13.9. The van der Waals surface area contributed by atoms with E-state index in [-0.39, 0.29) is 11.8 Å². The summed E-state index contributed by atoms with van der Waals surface area (Å²) in [6.07, 6.45) is 6.66. The fourth-order valence-corrected chi connectivity index (χ4v) is 2.39. The lowest BCUT2D eigenvalue weighted by Crippen LogP contribution is -2.40. The van der Waals surface area contributed by atoms with Crippen LogP contribution in [-0.4, -0.2) is 26.5 Å². The van der Waals surface area contributed by atoms with Crippen molar-refractivity contribution in [1.82, 2.24) is 5.43 Å². The summed E-state index contributed by atoms with van der Waals surface area (Å²) in [6.45, 7) is 2.15. The number of nitrogens with two attached hydrogens (primary N) is 1. The Balaban J connectivity index is 3.69. The summed E-state index contributed by atoms with van der Waals surface area (Å²) in [4.78, 5) is 0. The average molecular weight is 222 g/mol. The topological polar surface area (TPSA) is 72.2 Å². The van der Waals surface area contributed by atoms with Crippen LogP contribution in [0.15, 0.2) is 0 Å².